The maximum absolute atomic E-state index is 11.5. The second-order valence-electron chi connectivity index (χ2n) is 5.04. The van der Waals surface area contributed by atoms with E-state index in [0.29, 0.717) is 0 Å². The van der Waals surface area contributed by atoms with E-state index in [0.717, 1.165) is 42.8 Å². The van der Waals surface area contributed by atoms with Crippen LogP contribution in [0.3, 0.4) is 0 Å². The van der Waals surface area contributed by atoms with Crippen molar-refractivity contribution in [1.82, 2.24) is 15.1 Å². The average Bonchev–Trinajstić information content (AvgIpc) is 2.75. The topological polar surface area (TPSA) is 55.8 Å². The van der Waals surface area contributed by atoms with Crippen LogP contribution in [0.4, 0.5) is 4.79 Å². The van der Waals surface area contributed by atoms with Gasteiger partial charge in [-0.15, -0.1) is 0 Å². The van der Waals surface area contributed by atoms with Crippen LogP contribution in [-0.4, -0.2) is 53.2 Å². The van der Waals surface area contributed by atoms with Crippen LogP contribution in [0.5, 0.6) is 5.75 Å². The summed E-state index contributed by atoms with van der Waals surface area (Å²) in [5, 5.41) is 12.4. The van der Waals surface area contributed by atoms with Gasteiger partial charge in [-0.05, 0) is 23.8 Å². The van der Waals surface area contributed by atoms with Gasteiger partial charge in [-0.25, -0.2) is 4.79 Å². The third kappa shape index (κ3) is 2.55. The van der Waals surface area contributed by atoms with Gasteiger partial charge in [0.2, 0.25) is 0 Å². The maximum Gasteiger partial charge on any atom is 0.317 e. The van der Waals surface area contributed by atoms with Crippen LogP contribution in [0.1, 0.15) is 5.56 Å². The van der Waals surface area contributed by atoms with Crippen LogP contribution >= 0.6 is 15.9 Å². The molecule has 2 fully saturated rings. The Labute approximate surface area is 120 Å². The molecule has 1 atom stereocenters. The Hall–Kier alpha value is -1.27. The zero-order valence-corrected chi connectivity index (χ0v) is 12.1. The zero-order valence-electron chi connectivity index (χ0n) is 10.5. The standard InChI is InChI=1S/C13H16BrN3O2/c14-12-2-1-11(18)5-9(12)7-16-3-4-17-10(8-16)6-15-13(17)19/h1-2,5,10,18H,3-4,6-8H2,(H,15,19). The molecule has 2 N–H and O–H groups in total. The Bertz CT molecular complexity index is 509. The number of hydrogen-bond acceptors (Lipinski definition) is 3. The fraction of sp³-hybridized carbons (Fsp3) is 0.462. The predicted octanol–water partition coefficient (Wildman–Crippen LogP) is 1.36. The van der Waals surface area contributed by atoms with E-state index in [1.165, 1.54) is 0 Å². The number of carbonyl (C=O) groups excluding carboxylic acids is 1. The smallest absolute Gasteiger partial charge is 0.317 e. The van der Waals surface area contributed by atoms with Crippen LogP contribution < -0.4 is 5.32 Å². The first-order chi connectivity index (χ1) is 9.13. The van der Waals surface area contributed by atoms with E-state index in [1.54, 1.807) is 12.1 Å². The number of urea groups is 1. The van der Waals surface area contributed by atoms with Crippen molar-refractivity contribution in [2.24, 2.45) is 0 Å². The van der Waals surface area contributed by atoms with Crippen molar-refractivity contribution in [3.63, 3.8) is 0 Å². The van der Waals surface area contributed by atoms with E-state index in [-0.39, 0.29) is 17.8 Å². The third-order valence-electron chi connectivity index (χ3n) is 3.74. The molecule has 19 heavy (non-hydrogen) atoms. The van der Waals surface area contributed by atoms with Gasteiger partial charge in [-0.3, -0.25) is 4.90 Å². The third-order valence-corrected chi connectivity index (χ3v) is 4.51. The number of carbonyl (C=O) groups is 1. The summed E-state index contributed by atoms with van der Waals surface area (Å²) in [6, 6.07) is 5.65. The normalized spacial score (nSPS) is 23.3. The summed E-state index contributed by atoms with van der Waals surface area (Å²) in [6.45, 7) is 4.03. The minimum absolute atomic E-state index is 0.0585. The highest BCUT2D eigenvalue weighted by Crippen LogP contribution is 2.24. The molecule has 2 amide bonds. The van der Waals surface area contributed by atoms with E-state index in [1.807, 2.05) is 11.0 Å². The van der Waals surface area contributed by atoms with Crippen LogP contribution in [0, 0.1) is 0 Å². The van der Waals surface area contributed by atoms with Crippen molar-refractivity contribution in [2.75, 3.05) is 26.2 Å². The van der Waals surface area contributed by atoms with Crippen molar-refractivity contribution >= 4 is 22.0 Å². The van der Waals surface area contributed by atoms with Gasteiger partial charge in [-0.2, -0.15) is 0 Å². The molecule has 6 heteroatoms. The molecule has 0 bridgehead atoms. The molecule has 0 spiro atoms. The van der Waals surface area contributed by atoms with Gasteiger partial charge in [-0.1, -0.05) is 15.9 Å². The summed E-state index contributed by atoms with van der Waals surface area (Å²) in [7, 11) is 0. The first-order valence-electron chi connectivity index (χ1n) is 6.38. The summed E-state index contributed by atoms with van der Waals surface area (Å²) in [4.78, 5) is 15.8. The van der Waals surface area contributed by atoms with Gasteiger partial charge in [0.1, 0.15) is 5.75 Å². The molecule has 2 aliphatic heterocycles. The van der Waals surface area contributed by atoms with Crippen molar-refractivity contribution in [2.45, 2.75) is 12.6 Å². The molecule has 2 aliphatic rings. The highest BCUT2D eigenvalue weighted by atomic mass is 79.9. The Morgan fingerprint density at radius 1 is 1.42 bits per heavy atom. The van der Waals surface area contributed by atoms with Gasteiger partial charge in [0, 0.05) is 37.2 Å². The minimum atomic E-state index is 0.0585. The van der Waals surface area contributed by atoms with E-state index >= 15 is 0 Å². The molecule has 0 aromatic heterocycles. The zero-order chi connectivity index (χ0) is 13.4. The molecule has 3 rings (SSSR count). The second kappa shape index (κ2) is 5.02. The number of phenolic OH excluding ortho intramolecular Hbond substituents is 1. The molecule has 0 aliphatic carbocycles. The van der Waals surface area contributed by atoms with Gasteiger partial charge in [0.05, 0.1) is 6.04 Å². The highest BCUT2D eigenvalue weighted by molar-refractivity contribution is 9.10. The molecular formula is C13H16BrN3O2. The number of nitrogens with zero attached hydrogens (tertiary/aromatic N) is 2. The number of rotatable bonds is 2. The van der Waals surface area contributed by atoms with Gasteiger partial charge in [0.15, 0.2) is 0 Å². The molecule has 102 valence electrons. The second-order valence-corrected chi connectivity index (χ2v) is 5.90. The summed E-state index contributed by atoms with van der Waals surface area (Å²) in [5.74, 6) is 0.287. The number of piperazine rings is 1. The quantitative estimate of drug-likeness (QED) is 0.863. The van der Waals surface area contributed by atoms with Crippen LogP contribution in [0.15, 0.2) is 22.7 Å². The molecule has 2 heterocycles. The summed E-state index contributed by atoms with van der Waals surface area (Å²) < 4.78 is 1.01. The molecular weight excluding hydrogens is 310 g/mol. The van der Waals surface area contributed by atoms with Crippen molar-refractivity contribution in [3.8, 4) is 5.75 Å². The predicted molar refractivity (Wildman–Crippen MR) is 75.0 cm³/mol. The fourth-order valence-corrected chi connectivity index (χ4v) is 3.11. The van der Waals surface area contributed by atoms with Crippen LogP contribution in [-0.2, 0) is 6.54 Å². The fourth-order valence-electron chi connectivity index (χ4n) is 2.74. The first kappa shape index (κ1) is 12.7. The number of aromatic hydroxyl groups is 1. The maximum atomic E-state index is 11.5. The number of amides is 2. The molecule has 0 radical (unpaired) electrons. The van der Waals surface area contributed by atoms with Crippen molar-refractivity contribution in [1.29, 1.82) is 0 Å². The highest BCUT2D eigenvalue weighted by Gasteiger charge is 2.35. The summed E-state index contributed by atoms with van der Waals surface area (Å²) in [6.07, 6.45) is 0. The number of benzene rings is 1. The Morgan fingerprint density at radius 2 is 2.26 bits per heavy atom. The lowest BCUT2D eigenvalue weighted by Gasteiger charge is -2.36. The van der Waals surface area contributed by atoms with E-state index in [2.05, 4.69) is 26.1 Å². The molecule has 1 aromatic carbocycles. The lowest BCUT2D eigenvalue weighted by molar-refractivity contribution is 0.116. The van der Waals surface area contributed by atoms with Crippen molar-refractivity contribution < 1.29 is 9.90 Å². The summed E-state index contributed by atoms with van der Waals surface area (Å²) in [5.41, 5.74) is 1.07. The van der Waals surface area contributed by atoms with Gasteiger partial charge in [0.25, 0.3) is 0 Å². The Balaban J connectivity index is 1.68. The average molecular weight is 326 g/mol. The SMILES string of the molecule is O=C1NCC2CN(Cc3cc(O)ccc3Br)CCN12. The molecule has 1 unspecified atom stereocenters. The largest absolute Gasteiger partial charge is 0.508 e. The lowest BCUT2D eigenvalue weighted by atomic mass is 10.1. The van der Waals surface area contributed by atoms with Gasteiger partial charge < -0.3 is 15.3 Å². The van der Waals surface area contributed by atoms with Crippen LogP contribution in [0.2, 0.25) is 0 Å². The van der Waals surface area contributed by atoms with Gasteiger partial charge >= 0.3 is 6.03 Å². The number of fused-ring (bicyclic) bond motifs is 1. The molecule has 2 saturated heterocycles. The summed E-state index contributed by atoms with van der Waals surface area (Å²) >= 11 is 3.51. The molecule has 0 saturated carbocycles. The number of halogens is 1. The minimum Gasteiger partial charge on any atom is -0.508 e. The monoisotopic (exact) mass is 325 g/mol. The van der Waals surface area contributed by atoms with E-state index < -0.39 is 0 Å². The Morgan fingerprint density at radius 3 is 3.11 bits per heavy atom. The number of phenols is 1. The van der Waals surface area contributed by atoms with E-state index in [4.69, 9.17) is 0 Å². The number of nitrogens with one attached hydrogen (secondary N) is 1. The molecule has 1 aromatic rings. The van der Waals surface area contributed by atoms with E-state index in [9.17, 15) is 9.90 Å². The lowest BCUT2D eigenvalue weighted by Crippen LogP contribution is -2.51. The molecule has 5 nitrogen and oxygen atoms in total. The van der Waals surface area contributed by atoms with Crippen LogP contribution in [0.25, 0.3) is 0 Å². The Kier molecular flexibility index (Phi) is 3.36. The number of hydrogen-bond donors (Lipinski definition) is 2. The first-order valence-corrected chi connectivity index (χ1v) is 7.17. The van der Waals surface area contributed by atoms with Crippen molar-refractivity contribution in [3.05, 3.63) is 28.2 Å².